The predicted octanol–water partition coefficient (Wildman–Crippen LogP) is 3.38. The lowest BCUT2D eigenvalue weighted by atomic mass is 9.44. The number of ether oxygens (including phenoxy) is 3. The van der Waals surface area contributed by atoms with E-state index in [-0.39, 0.29) is 46.4 Å². The van der Waals surface area contributed by atoms with E-state index in [9.17, 15) is 15.0 Å². The molecule has 34 heavy (non-hydrogen) atoms. The molecule has 14 atom stereocenters. The van der Waals surface area contributed by atoms with Crippen molar-refractivity contribution >= 4 is 5.78 Å². The van der Waals surface area contributed by atoms with Crippen molar-refractivity contribution in [2.24, 2.45) is 40.4 Å². The zero-order valence-electron chi connectivity index (χ0n) is 21.1. The maximum absolute atomic E-state index is 13.3. The number of rotatable bonds is 2. The van der Waals surface area contributed by atoms with Crippen molar-refractivity contribution in [1.29, 1.82) is 0 Å². The van der Waals surface area contributed by atoms with E-state index in [0.29, 0.717) is 17.8 Å². The van der Waals surface area contributed by atoms with Crippen LogP contribution in [0.3, 0.4) is 0 Å². The normalized spacial score (nSPS) is 64.3. The van der Waals surface area contributed by atoms with Gasteiger partial charge in [-0.25, -0.2) is 0 Å². The molecule has 1 spiro atoms. The fourth-order valence-electron chi connectivity index (χ4n) is 10.4. The van der Waals surface area contributed by atoms with Crippen molar-refractivity contribution in [2.45, 2.75) is 115 Å². The van der Waals surface area contributed by atoms with Crippen LogP contribution in [-0.2, 0) is 19.0 Å². The number of hydrogen-bond donors (Lipinski definition) is 2. The second-order valence-electron chi connectivity index (χ2n) is 13.7. The Morgan fingerprint density at radius 1 is 1.12 bits per heavy atom. The molecule has 6 nitrogen and oxygen atoms in total. The van der Waals surface area contributed by atoms with Crippen LogP contribution in [0.25, 0.3) is 0 Å². The molecule has 0 aromatic heterocycles. The van der Waals surface area contributed by atoms with Gasteiger partial charge in [0.2, 0.25) is 0 Å². The van der Waals surface area contributed by atoms with Crippen molar-refractivity contribution in [3.8, 4) is 0 Å². The van der Waals surface area contributed by atoms with E-state index >= 15 is 0 Å². The molecule has 188 valence electrons. The Morgan fingerprint density at radius 3 is 2.62 bits per heavy atom. The second-order valence-corrected chi connectivity index (χ2v) is 13.7. The minimum Gasteiger partial charge on any atom is -0.393 e. The molecule has 0 bridgehead atoms. The van der Waals surface area contributed by atoms with Gasteiger partial charge in [0.1, 0.15) is 16.8 Å². The van der Waals surface area contributed by atoms with Crippen LogP contribution in [0.4, 0.5) is 0 Å². The molecule has 0 radical (unpaired) electrons. The monoisotopic (exact) mass is 472 g/mol. The summed E-state index contributed by atoms with van der Waals surface area (Å²) in [5.74, 6) is 1.54. The van der Waals surface area contributed by atoms with Gasteiger partial charge in [-0.2, -0.15) is 0 Å². The van der Waals surface area contributed by atoms with E-state index in [2.05, 4.69) is 27.7 Å². The third-order valence-corrected chi connectivity index (χ3v) is 12.6. The third kappa shape index (κ3) is 2.35. The summed E-state index contributed by atoms with van der Waals surface area (Å²) in [6, 6.07) is 0. The molecule has 7 aliphatic rings. The molecule has 0 amide bonds. The lowest BCUT2D eigenvalue weighted by Crippen LogP contribution is -2.60. The van der Waals surface area contributed by atoms with Crippen LogP contribution < -0.4 is 0 Å². The largest absolute Gasteiger partial charge is 0.393 e. The fourth-order valence-corrected chi connectivity index (χ4v) is 10.4. The average Bonchev–Trinajstić information content (AvgIpc) is 3.59. The summed E-state index contributed by atoms with van der Waals surface area (Å²) in [4.78, 5) is 13.3. The van der Waals surface area contributed by atoms with E-state index in [1.807, 2.05) is 13.0 Å². The van der Waals surface area contributed by atoms with E-state index < -0.39 is 23.4 Å². The quantitative estimate of drug-likeness (QED) is 0.599. The second kappa shape index (κ2) is 6.36. The first-order valence-electron chi connectivity index (χ1n) is 13.5. The highest BCUT2D eigenvalue weighted by molar-refractivity contribution is 5.97. The predicted molar refractivity (Wildman–Crippen MR) is 124 cm³/mol. The first kappa shape index (κ1) is 22.4. The van der Waals surface area contributed by atoms with Gasteiger partial charge in [-0.05, 0) is 94.0 Å². The number of carbonyl (C=O) groups excluding carboxylic acids is 1. The summed E-state index contributed by atoms with van der Waals surface area (Å²) in [7, 11) is 0. The number of allylic oxidation sites excluding steroid dienone is 1. The number of ketones is 1. The first-order valence-corrected chi connectivity index (χ1v) is 13.5. The number of aliphatic hydroxyl groups excluding tert-OH is 2. The summed E-state index contributed by atoms with van der Waals surface area (Å²) in [5.41, 5.74) is -1.71. The van der Waals surface area contributed by atoms with Gasteiger partial charge in [0.15, 0.2) is 12.1 Å². The smallest absolute Gasteiger partial charge is 0.186 e. The zero-order valence-corrected chi connectivity index (χ0v) is 21.1. The summed E-state index contributed by atoms with van der Waals surface area (Å²) < 4.78 is 18.4. The number of carbonyl (C=O) groups is 1. The van der Waals surface area contributed by atoms with Crippen LogP contribution in [0.1, 0.15) is 73.1 Å². The van der Waals surface area contributed by atoms with Gasteiger partial charge in [0, 0.05) is 6.42 Å². The van der Waals surface area contributed by atoms with Crippen molar-refractivity contribution in [1.82, 2.24) is 0 Å². The van der Waals surface area contributed by atoms with Crippen molar-refractivity contribution in [2.75, 3.05) is 0 Å². The fraction of sp³-hybridized carbons (Fsp3) is 0.893. The molecule has 3 saturated carbocycles. The molecular weight excluding hydrogens is 432 g/mol. The highest BCUT2D eigenvalue weighted by atomic mass is 16.7. The van der Waals surface area contributed by atoms with Crippen molar-refractivity contribution in [3.63, 3.8) is 0 Å². The highest BCUT2D eigenvalue weighted by Crippen LogP contribution is 2.73. The topological polar surface area (TPSA) is 91.8 Å². The van der Waals surface area contributed by atoms with Gasteiger partial charge >= 0.3 is 0 Å². The minimum absolute atomic E-state index is 0.0147. The number of hydrogen-bond acceptors (Lipinski definition) is 6. The average molecular weight is 473 g/mol. The van der Waals surface area contributed by atoms with Gasteiger partial charge in [0.05, 0.1) is 23.7 Å². The zero-order chi connectivity index (χ0) is 24.1. The highest BCUT2D eigenvalue weighted by Gasteiger charge is 2.78. The number of epoxide rings is 2. The maximum Gasteiger partial charge on any atom is 0.186 e. The molecule has 2 N–H and O–H groups in total. The Bertz CT molecular complexity index is 980. The Labute approximate surface area is 202 Å². The van der Waals surface area contributed by atoms with E-state index in [1.54, 1.807) is 6.08 Å². The summed E-state index contributed by atoms with van der Waals surface area (Å²) in [6.07, 6.45) is 7.94. The molecule has 3 heterocycles. The third-order valence-electron chi connectivity index (χ3n) is 12.6. The Kier molecular flexibility index (Phi) is 4.20. The van der Waals surface area contributed by atoms with Crippen LogP contribution in [0, 0.1) is 40.4 Å². The number of aliphatic hydroxyl groups is 2. The van der Waals surface area contributed by atoms with Crippen LogP contribution >= 0.6 is 0 Å². The van der Waals surface area contributed by atoms with Gasteiger partial charge in [-0.1, -0.05) is 19.9 Å². The van der Waals surface area contributed by atoms with Gasteiger partial charge in [-0.15, -0.1) is 0 Å². The lowest BCUT2D eigenvalue weighted by molar-refractivity contribution is -0.206. The van der Waals surface area contributed by atoms with Crippen LogP contribution in [-0.4, -0.2) is 57.4 Å². The van der Waals surface area contributed by atoms with Crippen molar-refractivity contribution < 1.29 is 29.2 Å². The molecule has 0 aromatic rings. The Morgan fingerprint density at radius 2 is 1.88 bits per heavy atom. The van der Waals surface area contributed by atoms with Gasteiger partial charge in [-0.3, -0.25) is 4.79 Å². The molecule has 0 aromatic carbocycles. The van der Waals surface area contributed by atoms with Crippen LogP contribution in [0.2, 0.25) is 0 Å². The molecular formula is C28H40O6. The van der Waals surface area contributed by atoms with Crippen molar-refractivity contribution in [3.05, 3.63) is 12.2 Å². The molecule has 6 fully saturated rings. The molecule has 7 rings (SSSR count). The maximum atomic E-state index is 13.3. The Hall–Kier alpha value is -0.790. The SMILES string of the molecule is C[C@@H]([C@H]1[C@H](O)C[C@H]2[C@@H]3C[C@@H]4O[C@@]45CC=CC(=O)[C@]5(C)[C@H]3CC[C@]12C)[C@H]1C[C@]2(C)O[C@]2(C)[C@H](O)O1. The van der Waals surface area contributed by atoms with E-state index in [1.165, 1.54) is 0 Å². The van der Waals surface area contributed by atoms with Gasteiger partial charge in [0.25, 0.3) is 0 Å². The molecule has 6 heteroatoms. The standard InChI is InChI=1S/C28H40O6/c1-14(19-13-25(3)27(5,34-25)23(31)32-19)22-18(29)12-17-15-11-21-28(33-21)9-6-7-20(30)26(28,4)16(15)8-10-24(17,22)2/h6-7,14-19,21-23,29,31H,8-13H2,1-5H3/t14-,15-,16+,17+,18-,19-,21+,22+,23-,24+,25+,26+,27-,28+/m1/s1. The molecule has 0 unspecified atom stereocenters. The molecule has 4 aliphatic carbocycles. The molecule has 3 saturated heterocycles. The minimum atomic E-state index is -0.930. The summed E-state index contributed by atoms with van der Waals surface area (Å²) in [5, 5.41) is 22.2. The summed E-state index contributed by atoms with van der Waals surface area (Å²) >= 11 is 0. The number of fused-ring (bicyclic) bond motifs is 5. The van der Waals surface area contributed by atoms with Crippen LogP contribution in [0.5, 0.6) is 0 Å². The molecule has 3 aliphatic heterocycles. The van der Waals surface area contributed by atoms with E-state index in [4.69, 9.17) is 14.2 Å². The van der Waals surface area contributed by atoms with Crippen LogP contribution in [0.15, 0.2) is 12.2 Å². The first-order chi connectivity index (χ1) is 15.9. The lowest BCUT2D eigenvalue weighted by Gasteiger charge is -2.57. The Balaban J connectivity index is 1.18. The summed E-state index contributed by atoms with van der Waals surface area (Å²) in [6.45, 7) is 10.7. The van der Waals surface area contributed by atoms with E-state index in [0.717, 1.165) is 38.5 Å². The van der Waals surface area contributed by atoms with Gasteiger partial charge < -0.3 is 24.4 Å².